The molecule has 0 saturated carbocycles. The van der Waals surface area contributed by atoms with Gasteiger partial charge < -0.3 is 25.0 Å². The maximum absolute atomic E-state index is 13.2. The van der Waals surface area contributed by atoms with Gasteiger partial charge in [0, 0.05) is 32.4 Å². The summed E-state index contributed by atoms with van der Waals surface area (Å²) in [4.78, 5) is 34.1. The van der Waals surface area contributed by atoms with Crippen molar-refractivity contribution >= 4 is 30.2 Å². The van der Waals surface area contributed by atoms with Crippen LogP contribution in [0.25, 0.3) is 0 Å². The first-order valence-corrected chi connectivity index (χ1v) is 13.1. The maximum atomic E-state index is 13.2. The monoisotopic (exact) mass is 520 g/mol. The Morgan fingerprint density at radius 3 is 2.79 bits per heavy atom. The van der Waals surface area contributed by atoms with E-state index in [4.69, 9.17) is 4.74 Å². The van der Waals surface area contributed by atoms with Gasteiger partial charge in [-0.25, -0.2) is 9.78 Å². The molecule has 3 heterocycles. The van der Waals surface area contributed by atoms with E-state index in [1.165, 1.54) is 7.11 Å². The Morgan fingerprint density at radius 2 is 2.05 bits per heavy atom. The molecular weight excluding hydrogens is 484 g/mol. The molecule has 1 aromatic carbocycles. The number of hydrogen-bond acceptors (Lipinski definition) is 7. The highest BCUT2D eigenvalue weighted by molar-refractivity contribution is 6.06. The molecule has 202 valence electrons. The van der Waals surface area contributed by atoms with Crippen molar-refractivity contribution in [3.05, 3.63) is 52.7 Å². The SMILES string of the molecule is COc1cc2c(cc1C(=O)Nc1cccc(/C=N/N=C/CCC(C)C)n1)CN(C(=O)N1CC[C@@H](O)C1)CC2. The van der Waals surface area contributed by atoms with Crippen molar-refractivity contribution in [1.29, 1.82) is 0 Å². The fourth-order valence-corrected chi connectivity index (χ4v) is 4.59. The van der Waals surface area contributed by atoms with Crippen LogP contribution in [0.1, 0.15) is 60.3 Å². The fraction of sp³-hybridized carbons (Fsp3) is 0.464. The molecule has 2 aliphatic heterocycles. The van der Waals surface area contributed by atoms with Gasteiger partial charge in [0.05, 0.1) is 30.7 Å². The van der Waals surface area contributed by atoms with E-state index in [9.17, 15) is 14.7 Å². The number of carbonyl (C=O) groups excluding carboxylic acids is 2. The zero-order chi connectivity index (χ0) is 27.1. The summed E-state index contributed by atoms with van der Waals surface area (Å²) < 4.78 is 5.53. The number of likely N-dealkylation sites (tertiary alicyclic amines) is 1. The molecule has 0 spiro atoms. The summed E-state index contributed by atoms with van der Waals surface area (Å²) in [5.74, 6) is 1.11. The lowest BCUT2D eigenvalue weighted by Crippen LogP contribution is -2.44. The smallest absolute Gasteiger partial charge is 0.320 e. The molecule has 0 unspecified atom stereocenters. The summed E-state index contributed by atoms with van der Waals surface area (Å²) in [7, 11) is 1.53. The zero-order valence-electron chi connectivity index (χ0n) is 22.3. The van der Waals surface area contributed by atoms with Crippen LogP contribution in [-0.4, -0.2) is 77.1 Å². The lowest BCUT2D eigenvalue weighted by atomic mass is 9.96. The number of benzene rings is 1. The largest absolute Gasteiger partial charge is 0.496 e. The Labute approximate surface area is 223 Å². The summed E-state index contributed by atoms with van der Waals surface area (Å²) in [6, 6.07) is 8.86. The highest BCUT2D eigenvalue weighted by atomic mass is 16.5. The molecule has 2 aromatic rings. The minimum Gasteiger partial charge on any atom is -0.496 e. The van der Waals surface area contributed by atoms with Gasteiger partial charge in [0.2, 0.25) is 0 Å². The third-order valence-electron chi connectivity index (χ3n) is 6.71. The summed E-state index contributed by atoms with van der Waals surface area (Å²) in [5, 5.41) is 20.7. The number of rotatable bonds is 8. The van der Waals surface area contributed by atoms with Crippen LogP contribution in [0.4, 0.5) is 10.6 Å². The summed E-state index contributed by atoms with van der Waals surface area (Å²) >= 11 is 0. The van der Waals surface area contributed by atoms with Crippen molar-refractivity contribution in [2.24, 2.45) is 16.1 Å². The normalized spacial score (nSPS) is 17.4. The Morgan fingerprint density at radius 1 is 1.21 bits per heavy atom. The van der Waals surface area contributed by atoms with Crippen molar-refractivity contribution in [2.45, 2.75) is 52.2 Å². The number of β-amino-alcohol motifs (C(OH)–C–C–N with tert-alkyl or cyclic N) is 1. The number of aliphatic hydroxyl groups is 1. The number of hydrogen-bond donors (Lipinski definition) is 2. The summed E-state index contributed by atoms with van der Waals surface area (Å²) in [5.41, 5.74) is 2.89. The number of fused-ring (bicyclic) bond motifs is 1. The molecule has 1 aromatic heterocycles. The number of ether oxygens (including phenoxy) is 1. The minimum atomic E-state index is -0.462. The standard InChI is InChI=1S/C28H36N6O4/c1-19(2)6-5-11-29-30-16-22-7-4-8-26(31-22)32-27(36)24-14-21-17-33(12-9-20(21)15-25(24)38-3)28(37)34-13-10-23(35)18-34/h4,7-8,11,14-16,19,23,35H,5-6,9-10,12-13,17-18H2,1-3H3,(H,31,32,36)/b29-11+,30-16+/t23-/m1/s1. The summed E-state index contributed by atoms with van der Waals surface area (Å²) in [6.07, 6.45) is 6.06. The van der Waals surface area contributed by atoms with E-state index >= 15 is 0 Å². The molecule has 3 amide bonds. The van der Waals surface area contributed by atoms with Gasteiger partial charge in [-0.05, 0) is 67.0 Å². The van der Waals surface area contributed by atoms with E-state index < -0.39 is 6.10 Å². The van der Waals surface area contributed by atoms with Crippen LogP contribution in [0.3, 0.4) is 0 Å². The first kappa shape index (κ1) is 27.3. The molecule has 2 aliphatic rings. The fourth-order valence-electron chi connectivity index (χ4n) is 4.59. The molecule has 10 heteroatoms. The molecule has 0 radical (unpaired) electrons. The van der Waals surface area contributed by atoms with Crippen LogP contribution >= 0.6 is 0 Å². The van der Waals surface area contributed by atoms with E-state index in [0.717, 1.165) is 24.0 Å². The quantitative estimate of drug-likeness (QED) is 0.406. The van der Waals surface area contributed by atoms with Crippen LogP contribution in [0, 0.1) is 5.92 Å². The number of nitrogens with one attached hydrogen (secondary N) is 1. The highest BCUT2D eigenvalue weighted by Crippen LogP contribution is 2.29. The van der Waals surface area contributed by atoms with Crippen LogP contribution in [0.15, 0.2) is 40.5 Å². The van der Waals surface area contributed by atoms with E-state index in [1.807, 2.05) is 6.07 Å². The van der Waals surface area contributed by atoms with Gasteiger partial charge in [0.1, 0.15) is 11.6 Å². The molecule has 1 fully saturated rings. The first-order chi connectivity index (χ1) is 18.3. The lowest BCUT2D eigenvalue weighted by Gasteiger charge is -2.32. The molecule has 0 bridgehead atoms. The van der Waals surface area contributed by atoms with Crippen molar-refractivity contribution in [2.75, 3.05) is 32.1 Å². The molecule has 1 atom stereocenters. The van der Waals surface area contributed by atoms with E-state index in [1.54, 1.807) is 46.5 Å². The Kier molecular flexibility index (Phi) is 9.06. The van der Waals surface area contributed by atoms with Gasteiger partial charge in [0.25, 0.3) is 5.91 Å². The van der Waals surface area contributed by atoms with E-state index in [0.29, 0.717) is 67.8 Å². The number of pyridine rings is 1. The van der Waals surface area contributed by atoms with E-state index in [2.05, 4.69) is 34.4 Å². The van der Waals surface area contributed by atoms with Gasteiger partial charge in [-0.1, -0.05) is 19.9 Å². The number of urea groups is 1. The number of amides is 3. The molecule has 10 nitrogen and oxygen atoms in total. The second-order valence-corrected chi connectivity index (χ2v) is 10.1. The highest BCUT2D eigenvalue weighted by Gasteiger charge is 2.31. The Balaban J connectivity index is 1.44. The number of methoxy groups -OCH3 is 1. The Bertz CT molecular complexity index is 1210. The summed E-state index contributed by atoms with van der Waals surface area (Å²) in [6.45, 7) is 6.22. The average Bonchev–Trinajstić information content (AvgIpc) is 3.35. The topological polar surface area (TPSA) is 120 Å². The van der Waals surface area contributed by atoms with Crippen LogP contribution < -0.4 is 10.1 Å². The third-order valence-corrected chi connectivity index (χ3v) is 6.71. The van der Waals surface area contributed by atoms with Crippen LogP contribution in [0.2, 0.25) is 0 Å². The second kappa shape index (κ2) is 12.6. The molecule has 1 saturated heterocycles. The van der Waals surface area contributed by atoms with Crippen LogP contribution in [0.5, 0.6) is 5.75 Å². The predicted octanol–water partition coefficient (Wildman–Crippen LogP) is 3.73. The van der Waals surface area contributed by atoms with Gasteiger partial charge in [0.15, 0.2) is 0 Å². The van der Waals surface area contributed by atoms with Crippen molar-refractivity contribution in [3.63, 3.8) is 0 Å². The Hall–Kier alpha value is -3.79. The van der Waals surface area contributed by atoms with E-state index in [-0.39, 0.29) is 11.9 Å². The van der Waals surface area contributed by atoms with Crippen molar-refractivity contribution < 1.29 is 19.4 Å². The minimum absolute atomic E-state index is 0.0824. The second-order valence-electron chi connectivity index (χ2n) is 10.1. The van der Waals surface area contributed by atoms with Gasteiger partial charge in [-0.15, -0.1) is 0 Å². The molecule has 0 aliphatic carbocycles. The van der Waals surface area contributed by atoms with Gasteiger partial charge >= 0.3 is 6.03 Å². The first-order valence-electron chi connectivity index (χ1n) is 13.1. The van der Waals surface area contributed by atoms with Crippen molar-refractivity contribution in [3.8, 4) is 5.75 Å². The molecule has 38 heavy (non-hydrogen) atoms. The van der Waals surface area contributed by atoms with Gasteiger partial charge in [-0.3, -0.25) is 4.79 Å². The predicted molar refractivity (Wildman–Crippen MR) is 147 cm³/mol. The number of nitrogens with zero attached hydrogens (tertiary/aromatic N) is 5. The molecular formula is C28H36N6O4. The third kappa shape index (κ3) is 6.95. The van der Waals surface area contributed by atoms with Crippen molar-refractivity contribution in [1.82, 2.24) is 14.8 Å². The molecule has 4 rings (SSSR count). The number of anilines is 1. The average molecular weight is 521 g/mol. The zero-order valence-corrected chi connectivity index (χ0v) is 22.3. The number of carbonyl (C=O) groups is 2. The van der Waals surface area contributed by atoms with Gasteiger partial charge in [-0.2, -0.15) is 10.2 Å². The molecule has 2 N–H and O–H groups in total. The number of aromatic nitrogens is 1. The maximum Gasteiger partial charge on any atom is 0.320 e. The lowest BCUT2D eigenvalue weighted by molar-refractivity contribution is 0.102. The van der Waals surface area contributed by atoms with Crippen LogP contribution in [-0.2, 0) is 13.0 Å². The number of aliphatic hydroxyl groups excluding tert-OH is 1.